The van der Waals surface area contributed by atoms with E-state index < -0.39 is 0 Å². The van der Waals surface area contributed by atoms with Crippen molar-refractivity contribution in [3.8, 4) is 29.1 Å². The molecule has 2 aliphatic heterocycles. The number of rotatable bonds is 9. The average Bonchev–Trinajstić information content (AvgIpc) is 3.00. The summed E-state index contributed by atoms with van der Waals surface area (Å²) in [4.78, 5) is 0. The lowest BCUT2D eigenvalue weighted by atomic mass is 10.0. The topological polar surface area (TPSA) is 90.2 Å². The van der Waals surface area contributed by atoms with Crippen molar-refractivity contribution in [1.82, 2.24) is 0 Å². The summed E-state index contributed by atoms with van der Waals surface area (Å²) in [6, 6.07) is 23.9. The maximum Gasteiger partial charge on any atom is 0.199 e. The minimum absolute atomic E-state index is 0.117. The number of ether oxygens (including phenoxy) is 5. The summed E-state index contributed by atoms with van der Waals surface area (Å²) >= 11 is 0. The zero-order valence-corrected chi connectivity index (χ0v) is 22.7. The highest BCUT2D eigenvalue weighted by Crippen LogP contribution is 2.28. The average molecular weight is 544 g/mol. The Kier molecular flexibility index (Phi) is 11.3. The Morgan fingerprint density at radius 2 is 1.32 bits per heavy atom. The number of nitrogens with zero attached hydrogens (tertiary/aromatic N) is 1. The lowest BCUT2D eigenvalue weighted by Crippen LogP contribution is -2.24. The molecule has 0 amide bonds. The van der Waals surface area contributed by atoms with E-state index in [1.807, 2.05) is 42.5 Å². The monoisotopic (exact) mass is 543 g/mol. The summed E-state index contributed by atoms with van der Waals surface area (Å²) in [5.41, 5.74) is 1.65. The number of phenolic OH excluding ortho intramolecular Hbond substituents is 1. The number of hydrogen-bond acceptors (Lipinski definition) is 7. The third kappa shape index (κ3) is 9.33. The number of aromatic hydroxyl groups is 1. The number of hydrogen-bond donors (Lipinski definition) is 1. The molecule has 2 aliphatic rings. The predicted molar refractivity (Wildman–Crippen MR) is 152 cm³/mol. The first-order chi connectivity index (χ1) is 19.6. The van der Waals surface area contributed by atoms with E-state index in [-0.39, 0.29) is 24.4 Å². The molecule has 2 saturated heterocycles. The lowest BCUT2D eigenvalue weighted by Gasteiger charge is -2.23. The van der Waals surface area contributed by atoms with Crippen molar-refractivity contribution in [3.05, 3.63) is 96.6 Å². The van der Waals surface area contributed by atoms with Crippen molar-refractivity contribution in [2.24, 2.45) is 0 Å². The van der Waals surface area contributed by atoms with Crippen LogP contribution in [-0.2, 0) is 9.47 Å². The molecule has 3 aromatic carbocycles. The van der Waals surface area contributed by atoms with Crippen LogP contribution in [-0.4, -0.2) is 30.9 Å². The zero-order chi connectivity index (χ0) is 28.0. The van der Waals surface area contributed by atoms with Gasteiger partial charge in [0.05, 0.1) is 24.8 Å². The molecule has 3 atom stereocenters. The van der Waals surface area contributed by atoms with Crippen LogP contribution < -0.4 is 14.2 Å². The molecular formula is C33H37NO6. The molecule has 0 radical (unpaired) electrons. The molecular weight excluding hydrogens is 506 g/mol. The van der Waals surface area contributed by atoms with Gasteiger partial charge in [-0.2, -0.15) is 5.26 Å². The van der Waals surface area contributed by atoms with Gasteiger partial charge in [0.25, 0.3) is 0 Å². The second kappa shape index (κ2) is 15.6. The number of benzene rings is 3. The summed E-state index contributed by atoms with van der Waals surface area (Å²) in [5.74, 6) is 2.54. The summed E-state index contributed by atoms with van der Waals surface area (Å²) < 4.78 is 28.6. The van der Waals surface area contributed by atoms with Crippen LogP contribution in [0.15, 0.2) is 85.5 Å². The highest BCUT2D eigenvalue weighted by Gasteiger charge is 2.17. The molecule has 7 heteroatoms. The van der Waals surface area contributed by atoms with Crippen LogP contribution in [0.2, 0.25) is 0 Å². The van der Waals surface area contributed by atoms with Gasteiger partial charge in [-0.05, 0) is 91.9 Å². The van der Waals surface area contributed by atoms with Gasteiger partial charge in [-0.1, -0.05) is 18.2 Å². The summed E-state index contributed by atoms with van der Waals surface area (Å²) in [7, 11) is 0. The Labute approximate surface area is 236 Å². The van der Waals surface area contributed by atoms with Gasteiger partial charge in [0.1, 0.15) is 29.1 Å². The maximum atomic E-state index is 9.08. The molecule has 0 aliphatic carbocycles. The maximum absolute atomic E-state index is 9.08. The minimum atomic E-state index is -0.150. The smallest absolute Gasteiger partial charge is 0.199 e. The first-order valence-corrected chi connectivity index (χ1v) is 13.9. The van der Waals surface area contributed by atoms with Crippen molar-refractivity contribution >= 4 is 0 Å². The lowest BCUT2D eigenvalue weighted by molar-refractivity contribution is -0.106. The van der Waals surface area contributed by atoms with Crippen molar-refractivity contribution in [1.29, 1.82) is 5.26 Å². The fourth-order valence-corrected chi connectivity index (χ4v) is 4.37. The van der Waals surface area contributed by atoms with Crippen LogP contribution in [0.5, 0.6) is 23.0 Å². The van der Waals surface area contributed by atoms with E-state index in [9.17, 15) is 0 Å². The third-order valence-corrected chi connectivity index (χ3v) is 6.54. The van der Waals surface area contributed by atoms with Gasteiger partial charge in [0, 0.05) is 19.3 Å². The third-order valence-electron chi connectivity index (χ3n) is 6.54. The first-order valence-electron chi connectivity index (χ1n) is 13.9. The Morgan fingerprint density at radius 1 is 0.800 bits per heavy atom. The van der Waals surface area contributed by atoms with Gasteiger partial charge >= 0.3 is 0 Å². The minimum Gasteiger partial charge on any atom is -0.508 e. The SMILES string of the molecule is C=CCC(Oc1ccc(OC2CCCCO2)cc1)c1ccc(C#N)cc1.Oc1ccc(OC2CCCCO2)cc1. The molecule has 5 rings (SSSR count). The number of phenols is 1. The second-order valence-electron chi connectivity index (χ2n) is 9.66. The summed E-state index contributed by atoms with van der Waals surface area (Å²) in [6.45, 7) is 5.36. The quantitative estimate of drug-likeness (QED) is 0.280. The molecule has 2 fully saturated rings. The Hall–Kier alpha value is -3.99. The van der Waals surface area contributed by atoms with Crippen molar-refractivity contribution in [3.63, 3.8) is 0 Å². The van der Waals surface area contributed by atoms with Gasteiger partial charge in [-0.15, -0.1) is 6.58 Å². The molecule has 0 saturated carbocycles. The standard InChI is InChI=1S/C22H23NO3.C11H14O3/c1-2-5-21(18-9-7-17(16-23)8-10-18)25-19-11-13-20(14-12-19)26-22-6-3-4-15-24-22;12-9-4-6-10(7-5-9)14-11-3-1-2-8-13-11/h2,7-14,21-22H,1,3-6,15H2;4-7,11-12H,1-3,8H2. The fourth-order valence-electron chi connectivity index (χ4n) is 4.37. The molecule has 3 aromatic rings. The van der Waals surface area contributed by atoms with Crippen LogP contribution in [0, 0.1) is 11.3 Å². The zero-order valence-electron chi connectivity index (χ0n) is 22.7. The number of nitriles is 1. The molecule has 7 nitrogen and oxygen atoms in total. The van der Waals surface area contributed by atoms with Crippen molar-refractivity contribution in [2.75, 3.05) is 13.2 Å². The van der Waals surface area contributed by atoms with Crippen molar-refractivity contribution in [2.45, 2.75) is 63.6 Å². The fraction of sp³-hybridized carbons (Fsp3) is 0.364. The molecule has 1 N–H and O–H groups in total. The van der Waals surface area contributed by atoms with Gasteiger partial charge in [0.15, 0.2) is 12.6 Å². The van der Waals surface area contributed by atoms with E-state index in [1.165, 1.54) is 0 Å². The molecule has 2 heterocycles. The van der Waals surface area contributed by atoms with E-state index >= 15 is 0 Å². The molecule has 0 bridgehead atoms. The van der Waals surface area contributed by atoms with Crippen LogP contribution in [0.3, 0.4) is 0 Å². The second-order valence-corrected chi connectivity index (χ2v) is 9.66. The Balaban J connectivity index is 0.000000222. The first kappa shape index (κ1) is 29.0. The van der Waals surface area contributed by atoms with Gasteiger partial charge < -0.3 is 28.8 Å². The van der Waals surface area contributed by atoms with Crippen LogP contribution in [0.1, 0.15) is 62.2 Å². The van der Waals surface area contributed by atoms with E-state index in [0.29, 0.717) is 12.0 Å². The molecule has 40 heavy (non-hydrogen) atoms. The van der Waals surface area contributed by atoms with Crippen LogP contribution in [0.25, 0.3) is 0 Å². The van der Waals surface area contributed by atoms with Crippen molar-refractivity contribution < 1.29 is 28.8 Å². The molecule has 0 spiro atoms. The molecule has 3 unspecified atom stereocenters. The molecule has 0 aromatic heterocycles. The van der Waals surface area contributed by atoms with E-state index in [2.05, 4.69) is 12.6 Å². The van der Waals surface area contributed by atoms with E-state index in [1.54, 1.807) is 36.4 Å². The van der Waals surface area contributed by atoms with E-state index in [4.69, 9.17) is 34.1 Å². The van der Waals surface area contributed by atoms with Gasteiger partial charge in [-0.3, -0.25) is 0 Å². The van der Waals surface area contributed by atoms with Crippen LogP contribution >= 0.6 is 0 Å². The Morgan fingerprint density at radius 3 is 1.80 bits per heavy atom. The normalized spacial score (nSPS) is 19.2. The predicted octanol–water partition coefficient (Wildman–Crippen LogP) is 7.46. The van der Waals surface area contributed by atoms with E-state index in [0.717, 1.165) is 74.6 Å². The van der Waals surface area contributed by atoms with Gasteiger partial charge in [-0.25, -0.2) is 0 Å². The van der Waals surface area contributed by atoms with Gasteiger partial charge in [0.2, 0.25) is 0 Å². The summed E-state index contributed by atoms with van der Waals surface area (Å²) in [6.07, 6.45) is 8.50. The Bertz CT molecular complexity index is 1190. The largest absolute Gasteiger partial charge is 0.508 e. The van der Waals surface area contributed by atoms with Crippen LogP contribution in [0.4, 0.5) is 0 Å². The highest BCUT2D eigenvalue weighted by molar-refractivity contribution is 5.35. The summed E-state index contributed by atoms with van der Waals surface area (Å²) in [5, 5.41) is 18.0. The molecule has 210 valence electrons. The highest BCUT2D eigenvalue weighted by atomic mass is 16.7.